The number of rotatable bonds is 11. The largest absolute Gasteiger partial charge is 0.493 e. The predicted octanol–water partition coefficient (Wildman–Crippen LogP) is 3.77. The van der Waals surface area contributed by atoms with Gasteiger partial charge in [-0.1, -0.05) is 30.3 Å². The molecule has 33 heavy (non-hydrogen) atoms. The Morgan fingerprint density at radius 3 is 2.42 bits per heavy atom. The average Bonchev–Trinajstić information content (AvgIpc) is 2.85. The van der Waals surface area contributed by atoms with Gasteiger partial charge in [-0.05, 0) is 50.3 Å². The van der Waals surface area contributed by atoms with Crippen LogP contribution in [0.1, 0.15) is 44.2 Å². The third-order valence-corrected chi connectivity index (χ3v) is 7.15. The number of ether oxygens (including phenoxy) is 3. The molecule has 1 unspecified atom stereocenters. The van der Waals surface area contributed by atoms with Crippen molar-refractivity contribution in [1.82, 2.24) is 10.0 Å². The molecular formula is C25H34N2O5S. The van der Waals surface area contributed by atoms with Crippen LogP contribution in [0.3, 0.4) is 0 Å². The molecule has 1 aliphatic rings. The van der Waals surface area contributed by atoms with Gasteiger partial charge in [-0.15, -0.1) is 0 Å². The number of nitrogens with one attached hydrogen (secondary N) is 2. The molecule has 1 amide bonds. The van der Waals surface area contributed by atoms with E-state index in [9.17, 15) is 9.00 Å². The van der Waals surface area contributed by atoms with E-state index in [0.29, 0.717) is 29.6 Å². The molecule has 7 nitrogen and oxygen atoms in total. The van der Waals surface area contributed by atoms with Crippen molar-refractivity contribution in [3.8, 4) is 11.5 Å². The van der Waals surface area contributed by atoms with E-state index >= 15 is 0 Å². The van der Waals surface area contributed by atoms with Crippen LogP contribution < -0.4 is 19.5 Å². The second-order valence-electron chi connectivity index (χ2n) is 8.23. The Labute approximate surface area is 198 Å². The molecule has 1 fully saturated rings. The highest BCUT2D eigenvalue weighted by molar-refractivity contribution is 7.83. The Kier molecular flexibility index (Phi) is 9.72. The molecule has 0 aliphatic heterocycles. The minimum atomic E-state index is -1.38. The van der Waals surface area contributed by atoms with Crippen molar-refractivity contribution in [2.45, 2.75) is 49.6 Å². The molecule has 0 bridgehead atoms. The molecule has 0 saturated heterocycles. The summed E-state index contributed by atoms with van der Waals surface area (Å²) in [6, 6.07) is 15.3. The first-order valence-electron chi connectivity index (χ1n) is 11.3. The number of carbonyl (C=O) groups is 1. The van der Waals surface area contributed by atoms with Gasteiger partial charge >= 0.3 is 0 Å². The lowest BCUT2D eigenvalue weighted by Crippen LogP contribution is -2.39. The zero-order chi connectivity index (χ0) is 23.6. The first kappa shape index (κ1) is 25.2. The van der Waals surface area contributed by atoms with Crippen LogP contribution in [0.4, 0.5) is 0 Å². The molecule has 1 saturated carbocycles. The number of hydrogen-bond donors (Lipinski definition) is 2. The van der Waals surface area contributed by atoms with E-state index in [4.69, 9.17) is 14.2 Å². The molecule has 2 atom stereocenters. The van der Waals surface area contributed by atoms with E-state index in [1.54, 1.807) is 32.4 Å². The summed E-state index contributed by atoms with van der Waals surface area (Å²) in [4.78, 5) is 13.3. The van der Waals surface area contributed by atoms with Gasteiger partial charge in [-0.3, -0.25) is 4.79 Å². The smallest absolute Gasteiger partial charge is 0.223 e. The maximum Gasteiger partial charge on any atom is 0.223 e. The first-order valence-corrected chi connectivity index (χ1v) is 12.5. The second kappa shape index (κ2) is 12.7. The van der Waals surface area contributed by atoms with E-state index in [2.05, 4.69) is 10.0 Å². The van der Waals surface area contributed by atoms with Gasteiger partial charge in [0.2, 0.25) is 5.91 Å². The number of carbonyl (C=O) groups excluding carboxylic acids is 1. The van der Waals surface area contributed by atoms with Gasteiger partial charge in [0.25, 0.3) is 0 Å². The maximum absolute atomic E-state index is 12.9. The highest BCUT2D eigenvalue weighted by Crippen LogP contribution is 2.30. The summed E-state index contributed by atoms with van der Waals surface area (Å²) >= 11 is 0. The van der Waals surface area contributed by atoms with Crippen LogP contribution in [0.5, 0.6) is 11.5 Å². The van der Waals surface area contributed by atoms with Crippen molar-refractivity contribution >= 4 is 16.9 Å². The maximum atomic E-state index is 12.9. The fraction of sp³-hybridized carbons (Fsp3) is 0.480. The molecule has 3 rings (SSSR count). The first-order chi connectivity index (χ1) is 16.0. The SMILES string of the molecule is COCCOc1ccc(S(=O)NC2CCC(C(=O)N[C@H](C)c3ccccc3)CC2)cc1OC. The van der Waals surface area contributed by atoms with E-state index in [1.807, 2.05) is 37.3 Å². The third kappa shape index (κ3) is 7.28. The molecule has 1 aliphatic carbocycles. The third-order valence-electron chi connectivity index (χ3n) is 5.92. The van der Waals surface area contributed by atoms with Crippen LogP contribution in [-0.4, -0.2) is 43.6 Å². The van der Waals surface area contributed by atoms with E-state index < -0.39 is 11.0 Å². The summed E-state index contributed by atoms with van der Waals surface area (Å²) in [6.45, 7) is 2.89. The Morgan fingerprint density at radius 2 is 1.76 bits per heavy atom. The molecule has 0 aromatic heterocycles. The second-order valence-corrected chi connectivity index (χ2v) is 9.47. The molecule has 2 N–H and O–H groups in total. The van der Waals surface area contributed by atoms with Crippen molar-refractivity contribution in [3.63, 3.8) is 0 Å². The van der Waals surface area contributed by atoms with Crippen LogP contribution >= 0.6 is 0 Å². The minimum absolute atomic E-state index is 0.00808. The van der Waals surface area contributed by atoms with Crippen LogP contribution in [0.2, 0.25) is 0 Å². The summed E-state index contributed by atoms with van der Waals surface area (Å²) in [7, 11) is 1.80. The van der Waals surface area contributed by atoms with Crippen molar-refractivity contribution in [2.75, 3.05) is 27.4 Å². The monoisotopic (exact) mass is 474 g/mol. The molecule has 2 aromatic rings. The average molecular weight is 475 g/mol. The number of methoxy groups -OCH3 is 2. The Morgan fingerprint density at radius 1 is 1.03 bits per heavy atom. The number of hydrogen-bond acceptors (Lipinski definition) is 5. The topological polar surface area (TPSA) is 85.9 Å². The van der Waals surface area contributed by atoms with Crippen LogP contribution in [0.25, 0.3) is 0 Å². The fourth-order valence-electron chi connectivity index (χ4n) is 3.97. The summed E-state index contributed by atoms with van der Waals surface area (Å²) in [5.41, 5.74) is 1.10. The molecule has 2 aromatic carbocycles. The molecule has 180 valence electrons. The fourth-order valence-corrected chi connectivity index (χ4v) is 5.05. The molecule has 8 heteroatoms. The van der Waals surface area contributed by atoms with Crippen LogP contribution in [-0.2, 0) is 20.5 Å². The van der Waals surface area contributed by atoms with Gasteiger partial charge in [0.1, 0.15) is 17.6 Å². The molecule has 0 heterocycles. The normalized spacial score (nSPS) is 20.0. The highest BCUT2D eigenvalue weighted by Gasteiger charge is 2.28. The standard InChI is InChI=1S/C25H34N2O5S/c1-18(19-7-5-4-6-8-19)26-25(28)20-9-11-21(12-10-20)27-33(29)22-13-14-23(24(17-22)31-3)32-16-15-30-2/h4-8,13-14,17-18,20-21,27H,9-12,15-16H2,1-3H3,(H,26,28)/t18-,20?,21?,33?/m1/s1. The minimum Gasteiger partial charge on any atom is -0.493 e. The summed E-state index contributed by atoms with van der Waals surface area (Å²) in [6.07, 6.45) is 3.16. The lowest BCUT2D eigenvalue weighted by Gasteiger charge is -2.29. The van der Waals surface area contributed by atoms with Crippen molar-refractivity contribution in [2.24, 2.45) is 5.92 Å². The summed E-state index contributed by atoms with van der Waals surface area (Å²) < 4.78 is 32.1. The summed E-state index contributed by atoms with van der Waals surface area (Å²) in [5.74, 6) is 1.21. The zero-order valence-corrected chi connectivity index (χ0v) is 20.4. The molecule has 0 spiro atoms. The van der Waals surface area contributed by atoms with E-state index in [-0.39, 0.29) is 23.9 Å². The van der Waals surface area contributed by atoms with Gasteiger partial charge in [0, 0.05) is 25.1 Å². The zero-order valence-electron chi connectivity index (χ0n) is 19.5. The van der Waals surface area contributed by atoms with Crippen molar-refractivity contribution in [3.05, 3.63) is 54.1 Å². The van der Waals surface area contributed by atoms with E-state index in [1.165, 1.54) is 0 Å². The Balaban J connectivity index is 1.48. The Hall–Kier alpha value is -2.42. The quantitative estimate of drug-likeness (QED) is 0.484. The molecular weight excluding hydrogens is 440 g/mol. The number of benzene rings is 2. The van der Waals surface area contributed by atoms with Gasteiger partial charge in [-0.25, -0.2) is 8.93 Å². The van der Waals surface area contributed by atoms with Crippen molar-refractivity contribution in [1.29, 1.82) is 0 Å². The predicted molar refractivity (Wildman–Crippen MR) is 129 cm³/mol. The van der Waals surface area contributed by atoms with Gasteiger partial charge in [0.15, 0.2) is 11.5 Å². The highest BCUT2D eigenvalue weighted by atomic mass is 32.2. The van der Waals surface area contributed by atoms with E-state index in [0.717, 1.165) is 31.2 Å². The number of amides is 1. The van der Waals surface area contributed by atoms with Crippen LogP contribution in [0.15, 0.2) is 53.4 Å². The van der Waals surface area contributed by atoms with Crippen molar-refractivity contribution < 1.29 is 23.2 Å². The van der Waals surface area contributed by atoms with Gasteiger partial charge < -0.3 is 19.5 Å². The van der Waals surface area contributed by atoms with Crippen LogP contribution in [0, 0.1) is 5.92 Å². The van der Waals surface area contributed by atoms with Gasteiger partial charge in [-0.2, -0.15) is 0 Å². The Bertz CT molecular complexity index is 916. The van der Waals surface area contributed by atoms with Gasteiger partial charge in [0.05, 0.1) is 24.7 Å². The summed E-state index contributed by atoms with van der Waals surface area (Å²) in [5, 5.41) is 3.13. The lowest BCUT2D eigenvalue weighted by molar-refractivity contribution is -0.126. The lowest BCUT2D eigenvalue weighted by atomic mass is 9.85. The molecule has 0 radical (unpaired) electrons.